The van der Waals surface area contributed by atoms with Gasteiger partial charge in [-0.3, -0.25) is 5.84 Å². The van der Waals surface area contributed by atoms with E-state index in [4.69, 9.17) is 10.6 Å². The Bertz CT molecular complexity index is 471. The first kappa shape index (κ1) is 11.6. The van der Waals surface area contributed by atoms with Crippen molar-refractivity contribution in [2.75, 3.05) is 7.11 Å². The highest BCUT2D eigenvalue weighted by Gasteiger charge is 2.15. The van der Waals surface area contributed by atoms with Crippen molar-refractivity contribution in [2.24, 2.45) is 5.84 Å². The van der Waals surface area contributed by atoms with Crippen LogP contribution in [0.5, 0.6) is 5.75 Å². The quantitative estimate of drug-likeness (QED) is 0.623. The van der Waals surface area contributed by atoms with Gasteiger partial charge in [-0.05, 0) is 11.6 Å². The summed E-state index contributed by atoms with van der Waals surface area (Å²) in [6.07, 6.45) is 0. The topological polar surface area (TPSA) is 47.3 Å². The van der Waals surface area contributed by atoms with Gasteiger partial charge in [0.1, 0.15) is 5.75 Å². The van der Waals surface area contributed by atoms with Crippen LogP contribution in [0.1, 0.15) is 17.2 Å². The van der Waals surface area contributed by atoms with Crippen LogP contribution in [0.3, 0.4) is 0 Å². The number of hydrogen-bond acceptors (Lipinski definition) is 3. The minimum atomic E-state index is -0.0626. The predicted octanol–water partition coefficient (Wildman–Crippen LogP) is 2.25. The van der Waals surface area contributed by atoms with Gasteiger partial charge in [0.15, 0.2) is 0 Å². The van der Waals surface area contributed by atoms with Crippen molar-refractivity contribution in [2.45, 2.75) is 6.04 Å². The van der Waals surface area contributed by atoms with E-state index in [1.54, 1.807) is 7.11 Å². The van der Waals surface area contributed by atoms with Crippen molar-refractivity contribution in [3.63, 3.8) is 0 Å². The third-order valence-corrected chi connectivity index (χ3v) is 2.75. The molecule has 0 saturated heterocycles. The summed E-state index contributed by atoms with van der Waals surface area (Å²) in [7, 11) is 1.66. The fraction of sp³-hybridized carbons (Fsp3) is 0.143. The van der Waals surface area contributed by atoms with Gasteiger partial charge >= 0.3 is 0 Å². The lowest BCUT2D eigenvalue weighted by atomic mass is 9.98. The van der Waals surface area contributed by atoms with Crippen LogP contribution in [0.4, 0.5) is 0 Å². The minimum Gasteiger partial charge on any atom is -0.496 e. The second kappa shape index (κ2) is 5.48. The summed E-state index contributed by atoms with van der Waals surface area (Å²) in [5, 5.41) is 0. The predicted molar refractivity (Wildman–Crippen MR) is 68.6 cm³/mol. The average Bonchev–Trinajstić information content (AvgIpc) is 2.41. The number of benzene rings is 2. The van der Waals surface area contributed by atoms with Crippen LogP contribution in [-0.4, -0.2) is 7.11 Å². The highest BCUT2D eigenvalue weighted by Crippen LogP contribution is 2.28. The number of rotatable bonds is 4. The van der Waals surface area contributed by atoms with E-state index in [0.717, 1.165) is 16.9 Å². The molecule has 1 atom stereocenters. The van der Waals surface area contributed by atoms with Crippen molar-refractivity contribution in [1.29, 1.82) is 0 Å². The first-order chi connectivity index (χ1) is 8.36. The van der Waals surface area contributed by atoms with Gasteiger partial charge in [-0.15, -0.1) is 0 Å². The molecule has 0 heterocycles. The molecule has 0 aromatic heterocycles. The van der Waals surface area contributed by atoms with E-state index in [1.165, 1.54) is 0 Å². The van der Waals surface area contributed by atoms with E-state index in [9.17, 15) is 0 Å². The average molecular weight is 228 g/mol. The third-order valence-electron chi connectivity index (χ3n) is 2.75. The summed E-state index contributed by atoms with van der Waals surface area (Å²) in [5.74, 6) is 6.49. The highest BCUT2D eigenvalue weighted by molar-refractivity contribution is 5.41. The molecule has 0 amide bonds. The number of methoxy groups -OCH3 is 1. The Morgan fingerprint density at radius 1 is 1.00 bits per heavy atom. The highest BCUT2D eigenvalue weighted by atomic mass is 16.5. The molecule has 0 saturated carbocycles. The van der Waals surface area contributed by atoms with Crippen LogP contribution in [0, 0.1) is 0 Å². The van der Waals surface area contributed by atoms with Gasteiger partial charge in [0.05, 0.1) is 13.2 Å². The van der Waals surface area contributed by atoms with E-state index < -0.39 is 0 Å². The number of nitrogens with two attached hydrogens (primary N) is 1. The number of ether oxygens (including phenoxy) is 1. The largest absolute Gasteiger partial charge is 0.496 e. The van der Waals surface area contributed by atoms with Gasteiger partial charge in [-0.1, -0.05) is 48.5 Å². The molecule has 3 heteroatoms. The zero-order valence-electron chi connectivity index (χ0n) is 9.76. The molecule has 17 heavy (non-hydrogen) atoms. The van der Waals surface area contributed by atoms with E-state index >= 15 is 0 Å². The molecule has 0 aliphatic rings. The second-order valence-electron chi connectivity index (χ2n) is 3.75. The molecular weight excluding hydrogens is 212 g/mol. The Kier molecular flexibility index (Phi) is 3.75. The van der Waals surface area contributed by atoms with Crippen LogP contribution >= 0.6 is 0 Å². The Labute approximate surface area is 101 Å². The van der Waals surface area contributed by atoms with Gasteiger partial charge in [-0.2, -0.15) is 0 Å². The monoisotopic (exact) mass is 228 g/mol. The van der Waals surface area contributed by atoms with Crippen molar-refractivity contribution < 1.29 is 4.74 Å². The SMILES string of the molecule is COc1ccccc1C(NN)c1ccccc1. The molecule has 3 N–H and O–H groups in total. The summed E-state index contributed by atoms with van der Waals surface area (Å²) in [5.41, 5.74) is 4.97. The minimum absolute atomic E-state index is 0.0626. The standard InChI is InChI=1S/C14H16N2O/c1-17-13-10-6-5-9-12(13)14(16-15)11-7-3-2-4-8-11/h2-10,14,16H,15H2,1H3. The molecule has 0 bridgehead atoms. The number of nitrogens with one attached hydrogen (secondary N) is 1. The summed E-state index contributed by atoms with van der Waals surface area (Å²) in [6.45, 7) is 0. The van der Waals surface area contributed by atoms with E-state index in [-0.39, 0.29) is 6.04 Å². The van der Waals surface area contributed by atoms with E-state index in [1.807, 2.05) is 54.6 Å². The van der Waals surface area contributed by atoms with Crippen molar-refractivity contribution in [1.82, 2.24) is 5.43 Å². The Morgan fingerprint density at radius 3 is 2.29 bits per heavy atom. The Hall–Kier alpha value is -1.84. The maximum Gasteiger partial charge on any atom is 0.124 e. The second-order valence-corrected chi connectivity index (χ2v) is 3.75. The molecule has 0 aliphatic heterocycles. The summed E-state index contributed by atoms with van der Waals surface area (Å²) >= 11 is 0. The van der Waals surface area contributed by atoms with Crippen LogP contribution in [0.2, 0.25) is 0 Å². The van der Waals surface area contributed by atoms with Crippen molar-refractivity contribution >= 4 is 0 Å². The lowest BCUT2D eigenvalue weighted by molar-refractivity contribution is 0.404. The molecule has 1 unspecified atom stereocenters. The van der Waals surface area contributed by atoms with Crippen molar-refractivity contribution in [3.05, 3.63) is 65.7 Å². The van der Waals surface area contributed by atoms with Gasteiger partial charge in [0, 0.05) is 5.56 Å². The number of hydrogen-bond donors (Lipinski definition) is 2. The smallest absolute Gasteiger partial charge is 0.124 e. The van der Waals surface area contributed by atoms with Crippen LogP contribution in [0.25, 0.3) is 0 Å². The first-order valence-electron chi connectivity index (χ1n) is 5.51. The fourth-order valence-corrected chi connectivity index (χ4v) is 1.92. The zero-order valence-corrected chi connectivity index (χ0v) is 9.76. The molecule has 3 nitrogen and oxygen atoms in total. The lowest BCUT2D eigenvalue weighted by Gasteiger charge is -2.19. The number of para-hydroxylation sites is 1. The van der Waals surface area contributed by atoms with Gasteiger partial charge in [-0.25, -0.2) is 5.43 Å². The molecule has 0 radical (unpaired) electrons. The van der Waals surface area contributed by atoms with Crippen LogP contribution in [-0.2, 0) is 0 Å². The van der Waals surface area contributed by atoms with Gasteiger partial charge in [0.25, 0.3) is 0 Å². The lowest BCUT2D eigenvalue weighted by Crippen LogP contribution is -2.29. The molecule has 2 rings (SSSR count). The molecular formula is C14H16N2O. The molecule has 0 aliphatic carbocycles. The molecule has 88 valence electrons. The van der Waals surface area contributed by atoms with Crippen LogP contribution in [0.15, 0.2) is 54.6 Å². The fourth-order valence-electron chi connectivity index (χ4n) is 1.92. The molecule has 0 spiro atoms. The molecule has 0 fully saturated rings. The maximum absolute atomic E-state index is 5.65. The van der Waals surface area contributed by atoms with E-state index in [0.29, 0.717) is 0 Å². The Morgan fingerprint density at radius 2 is 1.65 bits per heavy atom. The molecule has 2 aromatic carbocycles. The third kappa shape index (κ3) is 2.46. The van der Waals surface area contributed by atoms with E-state index in [2.05, 4.69) is 5.43 Å². The summed E-state index contributed by atoms with van der Waals surface area (Å²) in [4.78, 5) is 0. The first-order valence-corrected chi connectivity index (χ1v) is 5.51. The summed E-state index contributed by atoms with van der Waals surface area (Å²) in [6, 6.07) is 17.9. The Balaban J connectivity index is 2.42. The molecule has 2 aromatic rings. The van der Waals surface area contributed by atoms with Crippen LogP contribution < -0.4 is 16.0 Å². The number of hydrazine groups is 1. The van der Waals surface area contributed by atoms with Gasteiger partial charge < -0.3 is 4.74 Å². The maximum atomic E-state index is 5.65. The van der Waals surface area contributed by atoms with Gasteiger partial charge in [0.2, 0.25) is 0 Å². The van der Waals surface area contributed by atoms with Crippen molar-refractivity contribution in [3.8, 4) is 5.75 Å². The summed E-state index contributed by atoms with van der Waals surface area (Å²) < 4.78 is 5.35. The normalized spacial score (nSPS) is 12.1. The zero-order chi connectivity index (χ0) is 12.1.